The summed E-state index contributed by atoms with van der Waals surface area (Å²) >= 11 is 1.68. The van der Waals surface area contributed by atoms with Gasteiger partial charge in [0.05, 0.1) is 5.25 Å². The maximum absolute atomic E-state index is 12.7. The molecule has 2 rings (SSSR count). The Kier molecular flexibility index (Phi) is 7.82. The second-order valence-electron chi connectivity index (χ2n) is 6.55. The van der Waals surface area contributed by atoms with E-state index in [-0.39, 0.29) is 23.0 Å². The molecular weight excluding hydrogens is 332 g/mol. The predicted octanol–water partition coefficient (Wildman–Crippen LogP) is 3.42. The van der Waals surface area contributed by atoms with E-state index in [1.54, 1.807) is 11.8 Å². The zero-order valence-corrected chi connectivity index (χ0v) is 16.4. The molecule has 1 saturated heterocycles. The third-order valence-corrected chi connectivity index (χ3v) is 6.12. The van der Waals surface area contributed by atoms with Gasteiger partial charge >= 0.3 is 0 Å². The molecule has 0 aliphatic carbocycles. The van der Waals surface area contributed by atoms with Crippen LogP contribution in [0.25, 0.3) is 0 Å². The number of carbonyl (C=O) groups is 2. The first kappa shape index (κ1) is 19.8. The maximum Gasteiger partial charge on any atom is 0.235 e. The summed E-state index contributed by atoms with van der Waals surface area (Å²) in [4.78, 5) is 28.9. The van der Waals surface area contributed by atoms with Crippen molar-refractivity contribution in [3.8, 4) is 0 Å². The fourth-order valence-corrected chi connectivity index (χ4v) is 4.19. The number of piperidine rings is 1. The normalized spacial score (nSPS) is 16.5. The standard InChI is InChI=1S/C20H30N2O2S/c1-4-21(5-2)20(24)18-11-13-22(14-12-18)19(23)16(3)25-15-17-9-7-6-8-10-17/h6-10,16,18H,4-5,11-15H2,1-3H3. The van der Waals surface area contributed by atoms with E-state index < -0.39 is 0 Å². The molecule has 2 amide bonds. The number of rotatable bonds is 7. The third kappa shape index (κ3) is 5.50. The molecule has 0 saturated carbocycles. The van der Waals surface area contributed by atoms with E-state index in [9.17, 15) is 9.59 Å². The van der Waals surface area contributed by atoms with E-state index in [1.807, 2.05) is 48.8 Å². The molecule has 1 unspecified atom stereocenters. The lowest BCUT2D eigenvalue weighted by Crippen LogP contribution is -2.46. The minimum absolute atomic E-state index is 0.0461. The van der Waals surface area contributed by atoms with Gasteiger partial charge in [-0.2, -0.15) is 0 Å². The lowest BCUT2D eigenvalue weighted by atomic mass is 9.95. The van der Waals surface area contributed by atoms with Crippen LogP contribution in [0.15, 0.2) is 30.3 Å². The molecule has 1 aliphatic rings. The first-order valence-electron chi connectivity index (χ1n) is 9.29. The van der Waals surface area contributed by atoms with Gasteiger partial charge in [0, 0.05) is 37.8 Å². The number of likely N-dealkylation sites (tertiary alicyclic amines) is 1. The smallest absolute Gasteiger partial charge is 0.235 e. The Morgan fingerprint density at radius 2 is 1.76 bits per heavy atom. The van der Waals surface area contributed by atoms with Crippen LogP contribution < -0.4 is 0 Å². The molecule has 0 bridgehead atoms. The zero-order chi connectivity index (χ0) is 18.2. The highest BCUT2D eigenvalue weighted by molar-refractivity contribution is 7.99. The van der Waals surface area contributed by atoms with Crippen molar-refractivity contribution in [3.05, 3.63) is 35.9 Å². The van der Waals surface area contributed by atoms with Crippen LogP contribution in [-0.2, 0) is 15.3 Å². The molecule has 1 atom stereocenters. The lowest BCUT2D eigenvalue weighted by molar-refractivity contribution is -0.140. The maximum atomic E-state index is 12.7. The van der Waals surface area contributed by atoms with Crippen LogP contribution in [0.1, 0.15) is 39.2 Å². The van der Waals surface area contributed by atoms with Gasteiger partial charge in [0.1, 0.15) is 0 Å². The van der Waals surface area contributed by atoms with Crippen molar-refractivity contribution in [2.24, 2.45) is 5.92 Å². The van der Waals surface area contributed by atoms with E-state index in [0.717, 1.165) is 31.7 Å². The summed E-state index contributed by atoms with van der Waals surface area (Å²) in [5.74, 6) is 1.39. The Labute approximate surface area is 156 Å². The molecule has 0 aromatic heterocycles. The van der Waals surface area contributed by atoms with Crippen LogP contribution in [0.5, 0.6) is 0 Å². The van der Waals surface area contributed by atoms with Crippen LogP contribution in [-0.4, -0.2) is 53.0 Å². The SMILES string of the molecule is CCN(CC)C(=O)C1CCN(C(=O)C(C)SCc2ccccc2)CC1. The van der Waals surface area contributed by atoms with Gasteiger partial charge in [-0.3, -0.25) is 9.59 Å². The number of nitrogens with zero attached hydrogens (tertiary/aromatic N) is 2. The highest BCUT2D eigenvalue weighted by atomic mass is 32.2. The van der Waals surface area contributed by atoms with Gasteiger partial charge in [-0.05, 0) is 39.2 Å². The molecular formula is C20H30N2O2S. The Morgan fingerprint density at radius 3 is 2.32 bits per heavy atom. The Balaban J connectivity index is 1.79. The van der Waals surface area contributed by atoms with E-state index in [1.165, 1.54) is 5.56 Å². The second-order valence-corrected chi connectivity index (χ2v) is 7.88. The lowest BCUT2D eigenvalue weighted by Gasteiger charge is -2.34. The van der Waals surface area contributed by atoms with Gasteiger partial charge in [-0.1, -0.05) is 30.3 Å². The molecule has 0 N–H and O–H groups in total. The van der Waals surface area contributed by atoms with E-state index in [2.05, 4.69) is 12.1 Å². The van der Waals surface area contributed by atoms with Gasteiger partial charge < -0.3 is 9.80 Å². The summed E-state index contributed by atoms with van der Waals surface area (Å²) in [7, 11) is 0. The summed E-state index contributed by atoms with van der Waals surface area (Å²) in [6.45, 7) is 8.96. The topological polar surface area (TPSA) is 40.6 Å². The minimum Gasteiger partial charge on any atom is -0.343 e. The summed E-state index contributed by atoms with van der Waals surface area (Å²) in [6.07, 6.45) is 1.58. The molecule has 5 heteroatoms. The average molecular weight is 363 g/mol. The highest BCUT2D eigenvalue weighted by Crippen LogP contribution is 2.24. The van der Waals surface area contributed by atoms with Crippen molar-refractivity contribution in [1.29, 1.82) is 0 Å². The van der Waals surface area contributed by atoms with Gasteiger partial charge in [-0.15, -0.1) is 11.8 Å². The van der Waals surface area contributed by atoms with Crippen molar-refractivity contribution < 1.29 is 9.59 Å². The highest BCUT2D eigenvalue weighted by Gasteiger charge is 2.30. The van der Waals surface area contributed by atoms with Gasteiger partial charge in [0.25, 0.3) is 0 Å². The summed E-state index contributed by atoms with van der Waals surface area (Å²) < 4.78 is 0. The first-order chi connectivity index (χ1) is 12.1. The van der Waals surface area contributed by atoms with Gasteiger partial charge in [-0.25, -0.2) is 0 Å². The number of hydrogen-bond donors (Lipinski definition) is 0. The monoisotopic (exact) mass is 362 g/mol. The number of hydrogen-bond acceptors (Lipinski definition) is 3. The van der Waals surface area contributed by atoms with Crippen LogP contribution in [0.2, 0.25) is 0 Å². The van der Waals surface area contributed by atoms with Crippen LogP contribution in [0.3, 0.4) is 0 Å². The number of benzene rings is 1. The molecule has 4 nitrogen and oxygen atoms in total. The van der Waals surface area contributed by atoms with Gasteiger partial charge in [0.15, 0.2) is 0 Å². The van der Waals surface area contributed by atoms with Crippen LogP contribution in [0, 0.1) is 5.92 Å². The Bertz CT molecular complexity index is 552. The molecule has 1 fully saturated rings. The summed E-state index contributed by atoms with van der Waals surface area (Å²) in [5.41, 5.74) is 1.25. The largest absolute Gasteiger partial charge is 0.343 e. The van der Waals surface area contributed by atoms with Gasteiger partial charge in [0.2, 0.25) is 11.8 Å². The van der Waals surface area contributed by atoms with E-state index >= 15 is 0 Å². The zero-order valence-electron chi connectivity index (χ0n) is 15.6. The van der Waals surface area contributed by atoms with Crippen molar-refractivity contribution in [1.82, 2.24) is 9.80 Å². The molecule has 0 radical (unpaired) electrons. The van der Waals surface area contributed by atoms with Crippen LogP contribution in [0.4, 0.5) is 0 Å². The van der Waals surface area contributed by atoms with Crippen molar-refractivity contribution >= 4 is 23.6 Å². The van der Waals surface area contributed by atoms with Crippen molar-refractivity contribution in [3.63, 3.8) is 0 Å². The third-order valence-electron chi connectivity index (χ3n) is 4.92. The Morgan fingerprint density at radius 1 is 1.16 bits per heavy atom. The number of carbonyl (C=O) groups excluding carboxylic acids is 2. The Hall–Kier alpha value is -1.49. The molecule has 1 aromatic rings. The van der Waals surface area contributed by atoms with E-state index in [4.69, 9.17) is 0 Å². The fourth-order valence-electron chi connectivity index (χ4n) is 3.26. The molecule has 138 valence electrons. The minimum atomic E-state index is -0.0461. The van der Waals surface area contributed by atoms with Crippen LogP contribution >= 0.6 is 11.8 Å². The molecule has 0 spiro atoms. The quantitative estimate of drug-likeness (QED) is 0.746. The summed E-state index contributed by atoms with van der Waals surface area (Å²) in [6, 6.07) is 10.2. The number of amides is 2. The predicted molar refractivity (Wildman–Crippen MR) is 104 cm³/mol. The molecule has 1 aromatic carbocycles. The molecule has 1 heterocycles. The molecule has 25 heavy (non-hydrogen) atoms. The van der Waals surface area contributed by atoms with Crippen molar-refractivity contribution in [2.45, 2.75) is 44.6 Å². The number of thioether (sulfide) groups is 1. The second kappa shape index (κ2) is 9.85. The first-order valence-corrected chi connectivity index (χ1v) is 10.3. The fraction of sp³-hybridized carbons (Fsp3) is 0.600. The summed E-state index contributed by atoms with van der Waals surface area (Å²) in [5, 5.41) is -0.0461. The molecule has 1 aliphatic heterocycles. The van der Waals surface area contributed by atoms with Crippen molar-refractivity contribution in [2.75, 3.05) is 26.2 Å². The van der Waals surface area contributed by atoms with E-state index in [0.29, 0.717) is 13.1 Å². The average Bonchev–Trinajstić information content (AvgIpc) is 2.67.